The number of carboxylic acids is 1. The number of carbonyl (C=O) groups is 2. The molecule has 1 heterocycles. The lowest BCUT2D eigenvalue weighted by molar-refractivity contribution is -0.137. The van der Waals surface area contributed by atoms with Crippen LogP contribution in [0.5, 0.6) is 5.75 Å². The number of carbonyl (C=O) groups excluding carboxylic acids is 1. The van der Waals surface area contributed by atoms with E-state index in [4.69, 9.17) is 5.11 Å². The summed E-state index contributed by atoms with van der Waals surface area (Å²) in [5.74, 6) is -1.59. The molecule has 0 aliphatic rings. The summed E-state index contributed by atoms with van der Waals surface area (Å²) in [4.78, 5) is 23.8. The molecule has 0 unspecified atom stereocenters. The molecule has 23 heavy (non-hydrogen) atoms. The van der Waals surface area contributed by atoms with E-state index in [1.807, 2.05) is 0 Å². The predicted molar refractivity (Wildman–Crippen MR) is 79.9 cm³/mol. The van der Waals surface area contributed by atoms with Gasteiger partial charge in [-0.15, -0.1) is 11.3 Å². The van der Waals surface area contributed by atoms with E-state index >= 15 is 0 Å². The zero-order valence-corrected chi connectivity index (χ0v) is 12.6. The number of halogens is 2. The summed E-state index contributed by atoms with van der Waals surface area (Å²) in [7, 11) is 0. The van der Waals surface area contributed by atoms with Gasteiger partial charge in [-0.05, 0) is 35.7 Å². The van der Waals surface area contributed by atoms with Crippen LogP contribution in [-0.4, -0.2) is 23.6 Å². The number of thiophene rings is 1. The van der Waals surface area contributed by atoms with Gasteiger partial charge in [0, 0.05) is 10.4 Å². The number of hydrogen-bond acceptors (Lipinski definition) is 4. The first kappa shape index (κ1) is 16.9. The lowest BCUT2D eigenvalue weighted by Gasteiger charge is -2.15. The first-order valence-electron chi connectivity index (χ1n) is 6.56. The molecule has 8 heteroatoms. The van der Waals surface area contributed by atoms with Crippen molar-refractivity contribution in [2.75, 3.05) is 0 Å². The highest BCUT2D eigenvalue weighted by Gasteiger charge is 2.19. The molecular weight excluding hydrogens is 328 g/mol. The van der Waals surface area contributed by atoms with Crippen molar-refractivity contribution in [2.45, 2.75) is 19.1 Å². The fraction of sp³-hybridized carbons (Fsp3) is 0.200. The number of alkyl halides is 2. The van der Waals surface area contributed by atoms with Gasteiger partial charge < -0.3 is 15.2 Å². The quantitative estimate of drug-likeness (QED) is 0.810. The van der Waals surface area contributed by atoms with E-state index in [9.17, 15) is 18.4 Å². The summed E-state index contributed by atoms with van der Waals surface area (Å²) < 4.78 is 28.3. The van der Waals surface area contributed by atoms with Gasteiger partial charge in [0.25, 0.3) is 5.91 Å². The number of rotatable bonds is 7. The molecule has 0 bridgehead atoms. The molecule has 122 valence electrons. The van der Waals surface area contributed by atoms with Crippen LogP contribution in [0.4, 0.5) is 8.78 Å². The SMILES string of the molecule is O=C(O)C[C@@H](NC(=O)c1ccc(OC(F)F)cc1)c1cccs1. The van der Waals surface area contributed by atoms with E-state index in [1.54, 1.807) is 17.5 Å². The van der Waals surface area contributed by atoms with Crippen LogP contribution in [0, 0.1) is 0 Å². The number of carboxylic acid groups (broad SMARTS) is 1. The molecule has 2 N–H and O–H groups in total. The number of ether oxygens (including phenoxy) is 1. The largest absolute Gasteiger partial charge is 0.481 e. The van der Waals surface area contributed by atoms with Crippen LogP contribution in [0.25, 0.3) is 0 Å². The number of hydrogen-bond donors (Lipinski definition) is 2. The molecule has 0 radical (unpaired) electrons. The van der Waals surface area contributed by atoms with Crippen LogP contribution in [0.2, 0.25) is 0 Å². The molecule has 0 fully saturated rings. The molecule has 1 aromatic carbocycles. The topological polar surface area (TPSA) is 75.6 Å². The van der Waals surface area contributed by atoms with Gasteiger partial charge in [-0.2, -0.15) is 8.78 Å². The third-order valence-corrected chi connectivity index (χ3v) is 3.90. The molecule has 1 amide bonds. The van der Waals surface area contributed by atoms with Crippen molar-refractivity contribution < 1.29 is 28.2 Å². The van der Waals surface area contributed by atoms with Crippen molar-refractivity contribution in [3.8, 4) is 5.75 Å². The first-order valence-corrected chi connectivity index (χ1v) is 7.44. The van der Waals surface area contributed by atoms with Crippen LogP contribution in [0.15, 0.2) is 41.8 Å². The number of amides is 1. The van der Waals surface area contributed by atoms with Crippen molar-refractivity contribution in [2.24, 2.45) is 0 Å². The fourth-order valence-electron chi connectivity index (χ4n) is 1.92. The van der Waals surface area contributed by atoms with Crippen LogP contribution < -0.4 is 10.1 Å². The molecule has 0 saturated carbocycles. The van der Waals surface area contributed by atoms with Crippen molar-refractivity contribution in [1.82, 2.24) is 5.32 Å². The predicted octanol–water partition coefficient (Wildman–Crippen LogP) is 3.30. The lowest BCUT2D eigenvalue weighted by Crippen LogP contribution is -2.29. The van der Waals surface area contributed by atoms with E-state index in [0.29, 0.717) is 0 Å². The highest BCUT2D eigenvalue weighted by Crippen LogP contribution is 2.23. The zero-order chi connectivity index (χ0) is 16.8. The Balaban J connectivity index is 2.07. The maximum Gasteiger partial charge on any atom is 0.387 e. The second-order valence-corrected chi connectivity index (χ2v) is 5.52. The van der Waals surface area contributed by atoms with Crippen molar-refractivity contribution >= 4 is 23.2 Å². The molecule has 0 spiro atoms. The molecule has 0 aliphatic carbocycles. The van der Waals surface area contributed by atoms with Gasteiger partial charge in [-0.1, -0.05) is 6.07 Å². The fourth-order valence-corrected chi connectivity index (χ4v) is 2.69. The summed E-state index contributed by atoms with van der Waals surface area (Å²) in [5, 5.41) is 13.4. The molecule has 1 atom stereocenters. The van der Waals surface area contributed by atoms with Gasteiger partial charge in [-0.25, -0.2) is 0 Å². The van der Waals surface area contributed by atoms with E-state index < -0.39 is 24.5 Å². The minimum atomic E-state index is -2.94. The van der Waals surface area contributed by atoms with Crippen molar-refractivity contribution in [3.05, 3.63) is 52.2 Å². The summed E-state index contributed by atoms with van der Waals surface area (Å²) >= 11 is 1.34. The Labute approximate surface area is 134 Å². The standard InChI is InChI=1S/C15H13F2NO4S/c16-15(17)22-10-5-3-9(4-6-10)14(21)18-11(8-13(19)20)12-2-1-7-23-12/h1-7,11,15H,8H2,(H,18,21)(H,19,20)/t11-/m1/s1. The molecule has 2 aromatic rings. The van der Waals surface area contributed by atoms with Gasteiger partial charge in [0.2, 0.25) is 0 Å². The molecule has 0 saturated heterocycles. The van der Waals surface area contributed by atoms with Crippen molar-refractivity contribution in [3.63, 3.8) is 0 Å². The van der Waals surface area contributed by atoms with E-state index in [1.165, 1.54) is 35.6 Å². The minimum Gasteiger partial charge on any atom is -0.481 e. The van der Waals surface area contributed by atoms with E-state index in [2.05, 4.69) is 10.1 Å². The molecule has 2 rings (SSSR count). The zero-order valence-electron chi connectivity index (χ0n) is 11.7. The summed E-state index contributed by atoms with van der Waals surface area (Å²) in [6.07, 6.45) is -0.251. The summed E-state index contributed by atoms with van der Waals surface area (Å²) in [5.41, 5.74) is 0.221. The summed E-state index contributed by atoms with van der Waals surface area (Å²) in [6.45, 7) is -2.94. The number of benzene rings is 1. The van der Waals surface area contributed by atoms with Gasteiger partial charge in [0.05, 0.1) is 12.5 Å². The number of aliphatic carboxylic acids is 1. The molecule has 1 aromatic heterocycles. The van der Waals surface area contributed by atoms with E-state index in [0.717, 1.165) is 4.88 Å². The van der Waals surface area contributed by atoms with Crippen LogP contribution in [-0.2, 0) is 4.79 Å². The Bertz CT molecular complexity index is 659. The Morgan fingerprint density at radius 1 is 1.22 bits per heavy atom. The van der Waals surface area contributed by atoms with Gasteiger partial charge >= 0.3 is 12.6 Å². The molecule has 0 aliphatic heterocycles. The van der Waals surface area contributed by atoms with Crippen LogP contribution in [0.1, 0.15) is 27.7 Å². The highest BCUT2D eigenvalue weighted by atomic mass is 32.1. The Morgan fingerprint density at radius 2 is 1.91 bits per heavy atom. The van der Waals surface area contributed by atoms with Gasteiger partial charge in [0.1, 0.15) is 5.75 Å². The minimum absolute atomic E-state index is 0.0584. The first-order chi connectivity index (χ1) is 11.0. The van der Waals surface area contributed by atoms with E-state index in [-0.39, 0.29) is 17.7 Å². The second kappa shape index (κ2) is 7.68. The molecule has 5 nitrogen and oxygen atoms in total. The van der Waals surface area contributed by atoms with Crippen LogP contribution >= 0.6 is 11.3 Å². The lowest BCUT2D eigenvalue weighted by atomic mass is 10.1. The van der Waals surface area contributed by atoms with Gasteiger partial charge in [0.15, 0.2) is 0 Å². The summed E-state index contributed by atoms with van der Waals surface area (Å²) in [6, 6.07) is 8.00. The van der Waals surface area contributed by atoms with Crippen LogP contribution in [0.3, 0.4) is 0 Å². The third-order valence-electron chi connectivity index (χ3n) is 2.91. The Morgan fingerprint density at radius 3 is 2.43 bits per heavy atom. The average molecular weight is 341 g/mol. The number of nitrogens with one attached hydrogen (secondary N) is 1. The Kier molecular flexibility index (Phi) is 5.64. The average Bonchev–Trinajstić information content (AvgIpc) is 3.00. The highest BCUT2D eigenvalue weighted by molar-refractivity contribution is 7.10. The smallest absolute Gasteiger partial charge is 0.387 e. The Hall–Kier alpha value is -2.48. The second-order valence-electron chi connectivity index (χ2n) is 4.54. The monoisotopic (exact) mass is 341 g/mol. The molecular formula is C15H13F2NO4S. The maximum atomic E-state index is 12.2. The third kappa shape index (κ3) is 5.03. The normalized spacial score (nSPS) is 12.0. The van der Waals surface area contributed by atoms with Crippen molar-refractivity contribution in [1.29, 1.82) is 0 Å². The van der Waals surface area contributed by atoms with Gasteiger partial charge in [-0.3, -0.25) is 9.59 Å². The maximum absolute atomic E-state index is 12.2.